The molecule has 1 aliphatic rings. The second kappa shape index (κ2) is 10.6. The fourth-order valence-electron chi connectivity index (χ4n) is 4.22. The van der Waals surface area contributed by atoms with Gasteiger partial charge in [0.05, 0.1) is 17.3 Å². The molecule has 1 unspecified atom stereocenters. The van der Waals surface area contributed by atoms with Gasteiger partial charge in [0.25, 0.3) is 5.91 Å². The summed E-state index contributed by atoms with van der Waals surface area (Å²) in [6.45, 7) is 5.63. The van der Waals surface area contributed by atoms with Crippen LogP contribution in [0, 0.1) is 6.92 Å². The molecule has 4 rings (SSSR count). The molecule has 0 spiro atoms. The molecule has 0 radical (unpaired) electrons. The predicted molar refractivity (Wildman–Crippen MR) is 130 cm³/mol. The first-order valence-electron chi connectivity index (χ1n) is 11.7. The number of nitrogens with one attached hydrogen (secondary N) is 1. The third-order valence-corrected chi connectivity index (χ3v) is 6.28. The average Bonchev–Trinajstić information content (AvgIpc) is 2.85. The van der Waals surface area contributed by atoms with E-state index in [1.807, 2.05) is 30.3 Å². The van der Waals surface area contributed by atoms with Crippen LogP contribution in [0.15, 0.2) is 65.5 Å². The number of hydrogen-bond donors (Lipinski definition) is 1. The highest BCUT2D eigenvalue weighted by Crippen LogP contribution is 2.30. The van der Waals surface area contributed by atoms with Gasteiger partial charge in [0.15, 0.2) is 5.69 Å². The molecule has 1 fully saturated rings. The second-order valence-electron chi connectivity index (χ2n) is 9.00. The molecule has 190 valence electrons. The number of nitrogens with zero attached hydrogens (tertiary/aromatic N) is 4. The number of benzene rings is 2. The van der Waals surface area contributed by atoms with Crippen LogP contribution in [0.2, 0.25) is 0 Å². The molecule has 1 amide bonds. The van der Waals surface area contributed by atoms with Gasteiger partial charge in [0.2, 0.25) is 5.43 Å². The van der Waals surface area contributed by atoms with E-state index in [9.17, 15) is 22.8 Å². The molecule has 7 nitrogen and oxygen atoms in total. The van der Waals surface area contributed by atoms with E-state index in [1.165, 1.54) is 22.9 Å². The Labute approximate surface area is 207 Å². The highest BCUT2D eigenvalue weighted by molar-refractivity contribution is 5.92. The van der Waals surface area contributed by atoms with Crippen LogP contribution in [0.25, 0.3) is 5.69 Å². The molecule has 0 bridgehead atoms. The van der Waals surface area contributed by atoms with E-state index >= 15 is 0 Å². The highest BCUT2D eigenvalue weighted by atomic mass is 19.4. The molecule has 2 heterocycles. The van der Waals surface area contributed by atoms with Gasteiger partial charge in [-0.25, -0.2) is 4.68 Å². The zero-order chi connectivity index (χ0) is 25.9. The third kappa shape index (κ3) is 6.00. The fraction of sp³-hybridized carbons (Fsp3) is 0.346. The van der Waals surface area contributed by atoms with Crippen molar-refractivity contribution >= 4 is 5.91 Å². The molecular weight excluding hydrogens is 471 g/mol. The molecule has 2 aromatic carbocycles. The van der Waals surface area contributed by atoms with Gasteiger partial charge in [-0.05, 0) is 37.7 Å². The predicted octanol–water partition coefficient (Wildman–Crippen LogP) is 3.28. The molecule has 0 saturated carbocycles. The summed E-state index contributed by atoms with van der Waals surface area (Å²) in [5.41, 5.74) is -0.518. The number of carbonyl (C=O) groups excluding carboxylic acids is 1. The van der Waals surface area contributed by atoms with Crippen molar-refractivity contribution in [1.29, 1.82) is 0 Å². The van der Waals surface area contributed by atoms with Crippen molar-refractivity contribution in [1.82, 2.24) is 24.9 Å². The van der Waals surface area contributed by atoms with Crippen molar-refractivity contribution < 1.29 is 18.0 Å². The van der Waals surface area contributed by atoms with Gasteiger partial charge < -0.3 is 10.2 Å². The Morgan fingerprint density at radius 2 is 1.72 bits per heavy atom. The standard InChI is InChI=1S/C26H28F3N5O2/c1-18-15-23(35)24(31-34(18)21-10-6-9-20(16-21)26(27,28)29)25(36)30-22(19-7-4-3-5-8-19)17-33-13-11-32(2)12-14-33/h3-10,15-16,22H,11-14,17H2,1-2H3,(H,30,36). The van der Waals surface area contributed by atoms with Crippen LogP contribution in [0.1, 0.15) is 33.4 Å². The normalized spacial score (nSPS) is 16.0. The maximum Gasteiger partial charge on any atom is 0.416 e. The number of carbonyl (C=O) groups is 1. The van der Waals surface area contributed by atoms with Crippen molar-refractivity contribution in [3.63, 3.8) is 0 Å². The summed E-state index contributed by atoms with van der Waals surface area (Å²) >= 11 is 0. The van der Waals surface area contributed by atoms with Crippen LogP contribution in [-0.4, -0.2) is 65.3 Å². The zero-order valence-corrected chi connectivity index (χ0v) is 20.1. The summed E-state index contributed by atoms with van der Waals surface area (Å²) in [6, 6.07) is 14.9. The molecule has 36 heavy (non-hydrogen) atoms. The van der Waals surface area contributed by atoms with Crippen LogP contribution in [0.3, 0.4) is 0 Å². The Kier molecular flexibility index (Phi) is 7.56. The number of piperazine rings is 1. The fourth-order valence-corrected chi connectivity index (χ4v) is 4.22. The van der Waals surface area contributed by atoms with Gasteiger partial charge in [-0.2, -0.15) is 18.3 Å². The van der Waals surface area contributed by atoms with Crippen molar-refractivity contribution in [2.75, 3.05) is 39.8 Å². The number of amides is 1. The Bertz CT molecular complexity index is 1270. The minimum Gasteiger partial charge on any atom is -0.342 e. The van der Waals surface area contributed by atoms with Crippen LogP contribution in [-0.2, 0) is 6.18 Å². The SMILES string of the molecule is Cc1cc(=O)c(C(=O)NC(CN2CCN(C)CC2)c2ccccc2)nn1-c1cccc(C(F)(F)F)c1. The number of aryl methyl sites for hydroxylation is 1. The molecule has 1 saturated heterocycles. The monoisotopic (exact) mass is 499 g/mol. The summed E-state index contributed by atoms with van der Waals surface area (Å²) in [7, 11) is 2.06. The molecule has 1 atom stereocenters. The minimum absolute atomic E-state index is 0.105. The summed E-state index contributed by atoms with van der Waals surface area (Å²) in [5.74, 6) is -0.677. The molecule has 1 aliphatic heterocycles. The third-order valence-electron chi connectivity index (χ3n) is 6.28. The quantitative estimate of drug-likeness (QED) is 0.564. The minimum atomic E-state index is -4.53. The Morgan fingerprint density at radius 3 is 2.39 bits per heavy atom. The lowest BCUT2D eigenvalue weighted by atomic mass is 10.1. The number of rotatable bonds is 6. The average molecular weight is 500 g/mol. The van der Waals surface area contributed by atoms with Crippen LogP contribution in [0.4, 0.5) is 13.2 Å². The van der Waals surface area contributed by atoms with Crippen LogP contribution in [0.5, 0.6) is 0 Å². The van der Waals surface area contributed by atoms with Crippen molar-refractivity contribution in [3.8, 4) is 5.69 Å². The molecule has 1 aromatic heterocycles. The van der Waals surface area contributed by atoms with E-state index in [0.29, 0.717) is 12.2 Å². The topological polar surface area (TPSA) is 70.5 Å². The maximum atomic E-state index is 13.3. The Morgan fingerprint density at radius 1 is 1.03 bits per heavy atom. The summed E-state index contributed by atoms with van der Waals surface area (Å²) in [5, 5.41) is 7.11. The second-order valence-corrected chi connectivity index (χ2v) is 9.00. The maximum absolute atomic E-state index is 13.3. The smallest absolute Gasteiger partial charge is 0.342 e. The number of aromatic nitrogens is 2. The number of likely N-dealkylation sites (N-methyl/N-ethyl adjacent to an activating group) is 1. The lowest BCUT2D eigenvalue weighted by molar-refractivity contribution is -0.137. The van der Waals surface area contributed by atoms with E-state index in [0.717, 1.165) is 43.9 Å². The van der Waals surface area contributed by atoms with Gasteiger partial charge in [-0.3, -0.25) is 14.5 Å². The lowest BCUT2D eigenvalue weighted by Crippen LogP contribution is -2.48. The molecule has 0 aliphatic carbocycles. The summed E-state index contributed by atoms with van der Waals surface area (Å²) in [4.78, 5) is 30.5. The highest BCUT2D eigenvalue weighted by Gasteiger charge is 2.31. The largest absolute Gasteiger partial charge is 0.416 e. The van der Waals surface area contributed by atoms with Gasteiger partial charge in [0, 0.05) is 44.5 Å². The first-order valence-corrected chi connectivity index (χ1v) is 11.7. The number of alkyl halides is 3. The van der Waals surface area contributed by atoms with Crippen molar-refractivity contribution in [2.45, 2.75) is 19.1 Å². The van der Waals surface area contributed by atoms with E-state index in [-0.39, 0.29) is 11.4 Å². The van der Waals surface area contributed by atoms with Gasteiger partial charge >= 0.3 is 6.18 Å². The first-order chi connectivity index (χ1) is 17.1. The number of halogens is 3. The van der Waals surface area contributed by atoms with Crippen LogP contribution >= 0.6 is 0 Å². The van der Waals surface area contributed by atoms with E-state index in [1.54, 1.807) is 6.92 Å². The molecular formula is C26H28F3N5O2. The van der Waals surface area contributed by atoms with Gasteiger partial charge in [0.1, 0.15) is 0 Å². The van der Waals surface area contributed by atoms with E-state index < -0.39 is 29.1 Å². The van der Waals surface area contributed by atoms with Gasteiger partial charge in [-0.1, -0.05) is 36.4 Å². The summed E-state index contributed by atoms with van der Waals surface area (Å²) in [6.07, 6.45) is -4.53. The van der Waals surface area contributed by atoms with Gasteiger partial charge in [-0.15, -0.1) is 0 Å². The van der Waals surface area contributed by atoms with Crippen LogP contribution < -0.4 is 10.7 Å². The summed E-state index contributed by atoms with van der Waals surface area (Å²) < 4.78 is 40.9. The molecule has 3 aromatic rings. The molecule has 1 N–H and O–H groups in total. The van der Waals surface area contributed by atoms with E-state index in [4.69, 9.17) is 0 Å². The van der Waals surface area contributed by atoms with Crippen molar-refractivity contribution in [2.24, 2.45) is 0 Å². The molecule has 10 heteroatoms. The lowest BCUT2D eigenvalue weighted by Gasteiger charge is -2.35. The zero-order valence-electron chi connectivity index (χ0n) is 20.1. The number of hydrogen-bond acceptors (Lipinski definition) is 5. The Hall–Kier alpha value is -3.50. The van der Waals surface area contributed by atoms with E-state index in [2.05, 4.69) is 27.3 Å². The van der Waals surface area contributed by atoms with Crippen molar-refractivity contribution in [3.05, 3.63) is 93.4 Å². The first kappa shape index (κ1) is 25.6. The Balaban J connectivity index is 1.63.